The molecule has 4 aliphatic rings. The van der Waals surface area contributed by atoms with Crippen LogP contribution >= 0.6 is 0 Å². The molecule has 75 heavy (non-hydrogen) atoms. The number of halogens is 1. The van der Waals surface area contributed by atoms with E-state index in [0.717, 1.165) is 5.69 Å². The summed E-state index contributed by atoms with van der Waals surface area (Å²) in [6.45, 7) is 19.3. The van der Waals surface area contributed by atoms with Crippen molar-refractivity contribution >= 4 is 23.4 Å². The summed E-state index contributed by atoms with van der Waals surface area (Å²) in [6, 6.07) is 3.65. The molecule has 1 aromatic heterocycles. The Labute approximate surface area is 443 Å². The third kappa shape index (κ3) is 13.6. The molecule has 0 radical (unpaired) electrons. The third-order valence-corrected chi connectivity index (χ3v) is 17.0. The molecule has 0 spiro atoms. The van der Waals surface area contributed by atoms with E-state index in [9.17, 15) is 39.5 Å². The van der Waals surface area contributed by atoms with Crippen LogP contribution in [0.15, 0.2) is 24.4 Å². The van der Waals surface area contributed by atoms with Crippen LogP contribution in [-0.4, -0.2) is 207 Å². The Kier molecular flexibility index (Phi) is 19.9. The molecule has 426 valence electrons. The monoisotopic (exact) mass is 1060 g/mol. The van der Waals surface area contributed by atoms with Crippen molar-refractivity contribution in [2.24, 2.45) is 23.7 Å². The summed E-state index contributed by atoms with van der Waals surface area (Å²) in [6.07, 6.45) is -5.58. The summed E-state index contributed by atoms with van der Waals surface area (Å²) < 4.78 is 54.2. The van der Waals surface area contributed by atoms with Crippen molar-refractivity contribution in [2.75, 3.05) is 64.7 Å². The van der Waals surface area contributed by atoms with Gasteiger partial charge in [0.05, 0.1) is 71.7 Å². The average molecular weight is 1060 g/mol. The molecule has 20 nitrogen and oxygen atoms in total. The number of aromatic nitrogens is 3. The summed E-state index contributed by atoms with van der Waals surface area (Å²) >= 11 is 0. The maximum atomic E-state index is 14.7. The number of aliphatic hydroxyl groups is 5. The predicted octanol–water partition coefficient (Wildman–Crippen LogP) is 4.00. The van der Waals surface area contributed by atoms with Crippen LogP contribution in [0.1, 0.15) is 107 Å². The first-order chi connectivity index (χ1) is 35.0. The zero-order valence-corrected chi connectivity index (χ0v) is 47.1. The van der Waals surface area contributed by atoms with Crippen LogP contribution in [-0.2, 0) is 46.2 Å². The van der Waals surface area contributed by atoms with Gasteiger partial charge in [-0.1, -0.05) is 32.9 Å². The fourth-order valence-electron chi connectivity index (χ4n) is 12.5. The number of rotatable bonds is 14. The summed E-state index contributed by atoms with van der Waals surface area (Å²) in [7, 11) is 8.79. The number of carbonyl (C=O) groups is 2. The van der Waals surface area contributed by atoms with E-state index in [1.54, 1.807) is 77.4 Å². The highest BCUT2D eigenvalue weighted by Crippen LogP contribution is 2.45. The molecule has 0 bridgehead atoms. The normalized spacial score (nSPS) is 40.0. The van der Waals surface area contributed by atoms with Crippen molar-refractivity contribution in [1.82, 2.24) is 24.8 Å². The van der Waals surface area contributed by atoms with Crippen LogP contribution in [0.4, 0.5) is 20.6 Å². The molecule has 19 atom stereocenters. The number of benzene rings is 1. The van der Waals surface area contributed by atoms with Crippen LogP contribution in [0.25, 0.3) is 0 Å². The van der Waals surface area contributed by atoms with Gasteiger partial charge in [0, 0.05) is 58.4 Å². The second kappa shape index (κ2) is 24.6. The van der Waals surface area contributed by atoms with E-state index in [1.165, 1.54) is 25.0 Å². The number of likely N-dealkylation sites (N-methyl/N-ethyl adjacent to an activating group) is 2. The first-order valence-corrected chi connectivity index (χ1v) is 27.0. The van der Waals surface area contributed by atoms with Crippen molar-refractivity contribution < 1.29 is 67.9 Å². The number of ether oxygens (including phenoxy) is 6. The molecule has 0 aliphatic carbocycles. The Hall–Kier alpha value is -3.61. The molecule has 5 heterocycles. The van der Waals surface area contributed by atoms with Crippen molar-refractivity contribution in [1.29, 1.82) is 0 Å². The summed E-state index contributed by atoms with van der Waals surface area (Å²) in [5.74, 6) is -3.65. The maximum absolute atomic E-state index is 14.7. The minimum atomic E-state index is -1.83. The predicted molar refractivity (Wildman–Crippen MR) is 278 cm³/mol. The first-order valence-electron chi connectivity index (χ1n) is 27.0. The molecule has 1 amide bonds. The minimum Gasteiger partial charge on any atom is -0.459 e. The topological polar surface area (TPSA) is 234 Å². The Morgan fingerprint density at radius 1 is 0.947 bits per heavy atom. The molecule has 5 N–H and O–H groups in total. The lowest BCUT2D eigenvalue weighted by molar-refractivity contribution is -0.303. The standard InChI is InChI=1S/C54H90FN7O13/c1-16-43-54(10,69)46(64)34(6)60(14)26-30(2)24-52(8,68)48(32(4)44(33(5)49(66)74-43)42-25-53(9,70-15)47(65)35(7)72-42)75-50-45(63)41(22-31(3)71-50)59(13)21-17-18-36-27-61(57-56-36)28-38-29-62(51(67)73-38)37-19-20-40(58(11)12)39(55)23-37/h19-20,23,27,30-35,38,41-48,50,63-65,68-69H,16-18,21-22,24-26,28-29H2,1-15H3/t30-,31-,32+,33-,34-,35+,38+,41+,42?,43-,44+,45-,46-,47+,48-,50+,52-,53-,54-/m1/s1. The van der Waals surface area contributed by atoms with Gasteiger partial charge in [-0.25, -0.2) is 13.9 Å². The molecule has 2 aromatic rings. The molecule has 4 aliphatic heterocycles. The van der Waals surface area contributed by atoms with Crippen LogP contribution in [0, 0.1) is 29.5 Å². The Balaban J connectivity index is 1.20. The van der Waals surface area contributed by atoms with Crippen LogP contribution in [0.5, 0.6) is 0 Å². The number of esters is 1. The van der Waals surface area contributed by atoms with Crippen molar-refractivity contribution in [2.45, 2.75) is 204 Å². The zero-order chi connectivity index (χ0) is 55.6. The van der Waals surface area contributed by atoms with E-state index < -0.39 is 120 Å². The lowest BCUT2D eigenvalue weighted by Crippen LogP contribution is -2.62. The van der Waals surface area contributed by atoms with Crippen molar-refractivity contribution in [3.05, 3.63) is 35.9 Å². The van der Waals surface area contributed by atoms with Crippen LogP contribution < -0.4 is 9.80 Å². The van der Waals surface area contributed by atoms with E-state index in [1.807, 2.05) is 46.0 Å². The fourth-order valence-corrected chi connectivity index (χ4v) is 12.5. The maximum Gasteiger partial charge on any atom is 0.414 e. The number of carbonyl (C=O) groups excluding carboxylic acids is 2. The molecule has 0 saturated carbocycles. The second-order valence-corrected chi connectivity index (χ2v) is 23.4. The summed E-state index contributed by atoms with van der Waals surface area (Å²) in [5.41, 5.74) is -2.95. The van der Waals surface area contributed by atoms with Gasteiger partial charge in [-0.15, -0.1) is 5.10 Å². The lowest BCUT2D eigenvalue weighted by atomic mass is 9.68. The number of aliphatic hydroxyl groups excluding tert-OH is 3. The molecule has 21 heteroatoms. The first kappa shape index (κ1) is 60.6. The number of amides is 1. The number of nitrogens with zero attached hydrogens (tertiary/aromatic N) is 7. The largest absolute Gasteiger partial charge is 0.459 e. The van der Waals surface area contributed by atoms with Gasteiger partial charge < -0.3 is 68.7 Å². The molecule has 1 unspecified atom stereocenters. The number of aryl methyl sites for hydroxylation is 1. The Bertz CT molecular complexity index is 2210. The summed E-state index contributed by atoms with van der Waals surface area (Å²) in [5, 5.41) is 68.8. The quantitative estimate of drug-likeness (QED) is 0.168. The van der Waals surface area contributed by atoms with Gasteiger partial charge in [0.25, 0.3) is 0 Å². The van der Waals surface area contributed by atoms with E-state index in [0.29, 0.717) is 43.7 Å². The van der Waals surface area contributed by atoms with Gasteiger partial charge in [0.15, 0.2) is 6.29 Å². The number of anilines is 2. The van der Waals surface area contributed by atoms with Gasteiger partial charge in [-0.3, -0.25) is 9.69 Å². The SMILES string of the molecule is CC[C@H]1OC(=O)[C@H](C)[C@@H](C2C[C@@](C)(OC)[C@@H](O)[C@H](C)O2)[C@H](C)[C@@H](O[C@@H]2O[C@H](C)C[C@H](N(C)CCCc3cn(C[C@H]4CN(c5ccc(N(C)C)c(F)c5)C(=O)O4)nn3)[C@H]2O)[C@](C)(O)C[C@@H](C)CN(C)[C@H](C)[C@@H](O)[C@]1(C)O. The summed E-state index contributed by atoms with van der Waals surface area (Å²) in [4.78, 5) is 34.5. The highest BCUT2D eigenvalue weighted by Gasteiger charge is 2.55. The van der Waals surface area contributed by atoms with Gasteiger partial charge in [0.2, 0.25) is 0 Å². The van der Waals surface area contributed by atoms with Gasteiger partial charge >= 0.3 is 12.1 Å². The van der Waals surface area contributed by atoms with E-state index in [2.05, 4.69) is 15.2 Å². The molecule has 6 rings (SSSR count). The molecular formula is C54H90FN7O13. The van der Waals surface area contributed by atoms with E-state index in [4.69, 9.17) is 28.4 Å². The number of hydrogen-bond acceptors (Lipinski definition) is 18. The molecule has 4 saturated heterocycles. The fraction of sp³-hybridized carbons (Fsp3) is 0.815. The highest BCUT2D eigenvalue weighted by molar-refractivity contribution is 5.90. The average Bonchev–Trinajstić information content (AvgIpc) is 3.95. The van der Waals surface area contributed by atoms with Gasteiger partial charge in [0.1, 0.15) is 41.9 Å². The number of hydrogen-bond donors (Lipinski definition) is 5. The van der Waals surface area contributed by atoms with Crippen molar-refractivity contribution in [3.63, 3.8) is 0 Å². The van der Waals surface area contributed by atoms with Crippen LogP contribution in [0.2, 0.25) is 0 Å². The lowest BCUT2D eigenvalue weighted by Gasteiger charge is -2.51. The molecule has 4 fully saturated rings. The number of cyclic esters (lactones) is 2. The minimum absolute atomic E-state index is 0.177. The Morgan fingerprint density at radius 3 is 2.28 bits per heavy atom. The van der Waals surface area contributed by atoms with Crippen LogP contribution in [0.3, 0.4) is 0 Å². The second-order valence-electron chi connectivity index (χ2n) is 23.4. The smallest absolute Gasteiger partial charge is 0.414 e. The van der Waals surface area contributed by atoms with Gasteiger partial charge in [-0.2, -0.15) is 0 Å². The van der Waals surface area contributed by atoms with Crippen molar-refractivity contribution in [3.8, 4) is 0 Å². The third-order valence-electron chi connectivity index (χ3n) is 17.0. The Morgan fingerprint density at radius 2 is 1.64 bits per heavy atom. The van der Waals surface area contributed by atoms with E-state index >= 15 is 0 Å². The van der Waals surface area contributed by atoms with E-state index in [-0.39, 0.29) is 44.4 Å². The number of methoxy groups -OCH3 is 1. The van der Waals surface area contributed by atoms with Gasteiger partial charge in [-0.05, 0) is 124 Å². The molecule has 1 aromatic carbocycles. The molecular weight excluding hydrogens is 974 g/mol. The zero-order valence-electron chi connectivity index (χ0n) is 47.1. The highest BCUT2D eigenvalue weighted by atomic mass is 19.1.